The molecule has 0 unspecified atom stereocenters. The summed E-state index contributed by atoms with van der Waals surface area (Å²) in [6, 6.07) is 0. The minimum absolute atomic E-state index is 0.0953. The predicted octanol–water partition coefficient (Wildman–Crippen LogP) is 1.52. The maximum Gasteiger partial charge on any atom is 0.225 e. The largest absolute Gasteiger partial charge is 0.354 e. The minimum Gasteiger partial charge on any atom is -0.354 e. The zero-order valence-corrected chi connectivity index (χ0v) is 10.1. The second-order valence-corrected chi connectivity index (χ2v) is 5.67. The van der Waals surface area contributed by atoms with E-state index in [1.165, 1.54) is 0 Å². The molecule has 0 rings (SSSR count). The quantitative estimate of drug-likeness (QED) is 0.723. The average molecular weight is 200 g/mol. The van der Waals surface area contributed by atoms with Crippen molar-refractivity contribution in [3.05, 3.63) is 0 Å². The summed E-state index contributed by atoms with van der Waals surface area (Å²) in [6.45, 7) is 11.4. The number of hydrogen-bond acceptors (Lipinski definition) is 2. The Morgan fingerprint density at radius 3 is 2.07 bits per heavy atom. The Hall–Kier alpha value is -0.570. The molecule has 0 aliphatic heterocycles. The van der Waals surface area contributed by atoms with Gasteiger partial charge in [0.05, 0.1) is 0 Å². The van der Waals surface area contributed by atoms with Crippen LogP contribution in [0, 0.1) is 10.8 Å². The van der Waals surface area contributed by atoms with Gasteiger partial charge in [0.2, 0.25) is 5.91 Å². The summed E-state index contributed by atoms with van der Waals surface area (Å²) in [7, 11) is 0. The molecule has 0 saturated heterocycles. The van der Waals surface area contributed by atoms with Gasteiger partial charge in [0.1, 0.15) is 0 Å². The van der Waals surface area contributed by atoms with Crippen molar-refractivity contribution in [2.45, 2.75) is 41.0 Å². The molecular weight excluding hydrogens is 176 g/mol. The Morgan fingerprint density at radius 2 is 1.71 bits per heavy atom. The molecule has 0 heterocycles. The summed E-state index contributed by atoms with van der Waals surface area (Å²) < 4.78 is 0. The second kappa shape index (κ2) is 4.78. The normalized spacial score (nSPS) is 12.7. The number of nitrogens with one attached hydrogen (secondary N) is 1. The first-order valence-electron chi connectivity index (χ1n) is 5.17. The van der Waals surface area contributed by atoms with E-state index in [-0.39, 0.29) is 16.7 Å². The van der Waals surface area contributed by atoms with E-state index in [9.17, 15) is 4.79 Å². The topological polar surface area (TPSA) is 55.1 Å². The van der Waals surface area contributed by atoms with Crippen LogP contribution in [0.15, 0.2) is 0 Å². The van der Waals surface area contributed by atoms with Crippen molar-refractivity contribution in [1.82, 2.24) is 5.32 Å². The highest BCUT2D eigenvalue weighted by molar-refractivity contribution is 5.81. The van der Waals surface area contributed by atoms with Crippen LogP contribution in [0.5, 0.6) is 0 Å². The van der Waals surface area contributed by atoms with E-state index in [1.54, 1.807) is 0 Å². The highest BCUT2D eigenvalue weighted by Gasteiger charge is 2.31. The van der Waals surface area contributed by atoms with Crippen LogP contribution in [0.3, 0.4) is 0 Å². The Morgan fingerprint density at radius 1 is 1.21 bits per heavy atom. The van der Waals surface area contributed by atoms with Crippen molar-refractivity contribution < 1.29 is 4.79 Å². The van der Waals surface area contributed by atoms with Crippen LogP contribution in [-0.4, -0.2) is 19.0 Å². The first kappa shape index (κ1) is 13.4. The highest BCUT2D eigenvalue weighted by Crippen LogP contribution is 2.32. The Balaban J connectivity index is 4.23. The van der Waals surface area contributed by atoms with E-state index >= 15 is 0 Å². The zero-order chi connectivity index (χ0) is 11.4. The monoisotopic (exact) mass is 200 g/mol. The summed E-state index contributed by atoms with van der Waals surface area (Å²) >= 11 is 0. The van der Waals surface area contributed by atoms with Crippen molar-refractivity contribution in [3.63, 3.8) is 0 Å². The third kappa shape index (κ3) is 5.22. The number of carbonyl (C=O) groups is 1. The van der Waals surface area contributed by atoms with Crippen LogP contribution in [0.4, 0.5) is 0 Å². The van der Waals surface area contributed by atoms with Crippen LogP contribution < -0.4 is 11.1 Å². The second-order valence-electron chi connectivity index (χ2n) is 5.67. The van der Waals surface area contributed by atoms with Crippen molar-refractivity contribution in [3.8, 4) is 0 Å². The predicted molar refractivity (Wildman–Crippen MR) is 59.9 cm³/mol. The first-order valence-corrected chi connectivity index (χ1v) is 5.17. The van der Waals surface area contributed by atoms with Gasteiger partial charge in [0, 0.05) is 18.5 Å². The van der Waals surface area contributed by atoms with Crippen LogP contribution >= 0.6 is 0 Å². The minimum atomic E-state index is -0.312. The number of amides is 1. The lowest BCUT2D eigenvalue weighted by atomic mass is 9.76. The lowest BCUT2D eigenvalue weighted by Crippen LogP contribution is -2.41. The van der Waals surface area contributed by atoms with Gasteiger partial charge in [-0.15, -0.1) is 0 Å². The number of nitrogens with two attached hydrogens (primary N) is 1. The van der Waals surface area contributed by atoms with Crippen molar-refractivity contribution >= 4 is 5.91 Å². The smallest absolute Gasteiger partial charge is 0.225 e. The van der Waals surface area contributed by atoms with Gasteiger partial charge in [-0.3, -0.25) is 4.79 Å². The molecule has 0 spiro atoms. The molecule has 0 aliphatic rings. The molecule has 0 saturated carbocycles. The maximum atomic E-state index is 11.7. The van der Waals surface area contributed by atoms with Gasteiger partial charge in [0.25, 0.3) is 0 Å². The molecule has 14 heavy (non-hydrogen) atoms. The standard InChI is InChI=1S/C11H24N2O/c1-10(2,3)8-11(4,5)9(14)13-7-6-12/h6-8,12H2,1-5H3,(H,13,14). The fourth-order valence-electron chi connectivity index (χ4n) is 1.83. The van der Waals surface area contributed by atoms with E-state index in [4.69, 9.17) is 5.73 Å². The molecule has 0 aromatic heterocycles. The molecule has 84 valence electrons. The van der Waals surface area contributed by atoms with Crippen molar-refractivity contribution in [1.29, 1.82) is 0 Å². The molecule has 3 heteroatoms. The molecular formula is C11H24N2O. The average Bonchev–Trinajstić information content (AvgIpc) is 1.95. The van der Waals surface area contributed by atoms with E-state index in [2.05, 4.69) is 26.1 Å². The van der Waals surface area contributed by atoms with Crippen LogP contribution in [0.2, 0.25) is 0 Å². The molecule has 0 aliphatic carbocycles. The Bertz CT molecular complexity index is 192. The zero-order valence-electron chi connectivity index (χ0n) is 10.1. The summed E-state index contributed by atoms with van der Waals surface area (Å²) in [5.41, 5.74) is 5.19. The molecule has 3 N–H and O–H groups in total. The van der Waals surface area contributed by atoms with E-state index in [0.717, 1.165) is 6.42 Å². The third-order valence-corrected chi connectivity index (χ3v) is 2.02. The molecule has 3 nitrogen and oxygen atoms in total. The van der Waals surface area contributed by atoms with Crippen LogP contribution in [0.25, 0.3) is 0 Å². The third-order valence-electron chi connectivity index (χ3n) is 2.02. The Labute approximate surface area is 87.4 Å². The van der Waals surface area contributed by atoms with Gasteiger partial charge in [-0.1, -0.05) is 34.6 Å². The summed E-state index contributed by atoms with van der Waals surface area (Å²) in [6.07, 6.45) is 0.871. The first-order chi connectivity index (χ1) is 6.19. The Kier molecular flexibility index (Phi) is 4.59. The maximum absolute atomic E-state index is 11.7. The van der Waals surface area contributed by atoms with Gasteiger partial charge in [0.15, 0.2) is 0 Å². The summed E-state index contributed by atoms with van der Waals surface area (Å²) in [5, 5.41) is 2.83. The number of rotatable bonds is 4. The highest BCUT2D eigenvalue weighted by atomic mass is 16.2. The molecule has 0 atom stereocenters. The van der Waals surface area contributed by atoms with Gasteiger partial charge < -0.3 is 11.1 Å². The van der Waals surface area contributed by atoms with Crippen LogP contribution in [-0.2, 0) is 4.79 Å². The van der Waals surface area contributed by atoms with Gasteiger partial charge in [-0.05, 0) is 11.8 Å². The number of carbonyl (C=O) groups excluding carboxylic acids is 1. The SMILES string of the molecule is CC(C)(C)CC(C)(C)C(=O)NCCN. The fraction of sp³-hybridized carbons (Fsp3) is 0.909. The fourth-order valence-corrected chi connectivity index (χ4v) is 1.83. The van der Waals surface area contributed by atoms with E-state index in [0.29, 0.717) is 13.1 Å². The van der Waals surface area contributed by atoms with E-state index in [1.807, 2.05) is 13.8 Å². The number of hydrogen-bond donors (Lipinski definition) is 2. The van der Waals surface area contributed by atoms with Crippen molar-refractivity contribution in [2.75, 3.05) is 13.1 Å². The molecule has 1 amide bonds. The van der Waals surface area contributed by atoms with E-state index < -0.39 is 0 Å². The lowest BCUT2D eigenvalue weighted by Gasteiger charge is -2.31. The lowest BCUT2D eigenvalue weighted by molar-refractivity contribution is -0.130. The van der Waals surface area contributed by atoms with Gasteiger partial charge >= 0.3 is 0 Å². The van der Waals surface area contributed by atoms with Crippen molar-refractivity contribution in [2.24, 2.45) is 16.6 Å². The van der Waals surface area contributed by atoms with Gasteiger partial charge in [-0.25, -0.2) is 0 Å². The molecule has 0 aromatic rings. The molecule has 0 radical (unpaired) electrons. The molecule has 0 aromatic carbocycles. The summed E-state index contributed by atoms with van der Waals surface area (Å²) in [5.74, 6) is 0.0953. The summed E-state index contributed by atoms with van der Waals surface area (Å²) in [4.78, 5) is 11.7. The van der Waals surface area contributed by atoms with Gasteiger partial charge in [-0.2, -0.15) is 0 Å². The van der Waals surface area contributed by atoms with Crippen LogP contribution in [0.1, 0.15) is 41.0 Å². The molecule has 0 fully saturated rings. The molecule has 0 bridgehead atoms.